The molecule has 17 heavy (non-hydrogen) atoms. The Labute approximate surface area is 95.4 Å². The molecule has 1 aromatic rings. The first-order valence-corrected chi connectivity index (χ1v) is 4.69. The van der Waals surface area contributed by atoms with Gasteiger partial charge in [0.2, 0.25) is 5.88 Å². The number of methoxy groups -OCH3 is 1. The number of hydrogen-bond donors (Lipinski definition) is 0. The minimum Gasteiger partial charge on any atom is -0.481 e. The molecule has 0 amide bonds. The Bertz CT molecular complexity index is 418. The minimum absolute atomic E-state index is 0.0546. The highest BCUT2D eigenvalue weighted by Gasteiger charge is 2.32. The Balaban J connectivity index is 3.19. The van der Waals surface area contributed by atoms with Crippen molar-refractivity contribution in [2.75, 3.05) is 13.7 Å². The summed E-state index contributed by atoms with van der Waals surface area (Å²) in [5.74, 6) is -1.21. The monoisotopic (exact) mass is 249 g/mol. The van der Waals surface area contributed by atoms with E-state index in [0.717, 1.165) is 7.11 Å². The van der Waals surface area contributed by atoms with E-state index in [4.69, 9.17) is 0 Å². The van der Waals surface area contributed by atoms with Crippen molar-refractivity contribution in [1.29, 1.82) is 0 Å². The third kappa shape index (κ3) is 3.33. The molecule has 0 bridgehead atoms. The first-order chi connectivity index (χ1) is 7.88. The lowest BCUT2D eigenvalue weighted by Crippen LogP contribution is -2.12. The number of nitrogens with zero attached hydrogens (tertiary/aromatic N) is 1. The van der Waals surface area contributed by atoms with E-state index < -0.39 is 23.4 Å². The third-order valence-corrected chi connectivity index (χ3v) is 1.82. The number of carbonyl (C=O) groups excluding carboxylic acids is 1. The summed E-state index contributed by atoms with van der Waals surface area (Å²) in [6.45, 7) is 1.60. The molecule has 0 spiro atoms. The molecule has 0 fully saturated rings. The predicted molar refractivity (Wildman–Crippen MR) is 51.7 cm³/mol. The molecule has 0 atom stereocenters. The van der Waals surface area contributed by atoms with Crippen LogP contribution in [0.15, 0.2) is 12.1 Å². The lowest BCUT2D eigenvalue weighted by molar-refractivity contribution is -0.137. The van der Waals surface area contributed by atoms with Crippen LogP contribution in [0.4, 0.5) is 13.2 Å². The zero-order chi connectivity index (χ0) is 13.1. The number of ether oxygens (including phenoxy) is 2. The molecule has 0 aromatic carbocycles. The van der Waals surface area contributed by atoms with Crippen molar-refractivity contribution in [3.05, 3.63) is 23.4 Å². The molecular formula is C10H10F3NO3. The van der Waals surface area contributed by atoms with Gasteiger partial charge in [-0.05, 0) is 13.0 Å². The second kappa shape index (κ2) is 5.03. The van der Waals surface area contributed by atoms with Gasteiger partial charge in [-0.15, -0.1) is 0 Å². The summed E-state index contributed by atoms with van der Waals surface area (Å²) in [4.78, 5) is 14.9. The molecule has 0 radical (unpaired) electrons. The van der Waals surface area contributed by atoms with E-state index in [1.165, 1.54) is 0 Å². The first-order valence-electron chi connectivity index (χ1n) is 4.69. The summed E-state index contributed by atoms with van der Waals surface area (Å²) in [6.07, 6.45) is -4.57. The zero-order valence-corrected chi connectivity index (χ0v) is 9.17. The van der Waals surface area contributed by atoms with Crippen LogP contribution in [-0.4, -0.2) is 24.7 Å². The molecule has 1 rings (SSSR count). The van der Waals surface area contributed by atoms with Crippen LogP contribution in [-0.2, 0) is 10.9 Å². The maximum Gasteiger partial charge on any atom is 0.416 e. The Morgan fingerprint density at radius 1 is 1.41 bits per heavy atom. The van der Waals surface area contributed by atoms with E-state index in [1.54, 1.807) is 6.92 Å². The van der Waals surface area contributed by atoms with E-state index in [1.807, 2.05) is 0 Å². The normalized spacial score (nSPS) is 11.1. The summed E-state index contributed by atoms with van der Waals surface area (Å²) in [5, 5.41) is 0. The fraction of sp³-hybridized carbons (Fsp3) is 0.400. The van der Waals surface area contributed by atoms with Gasteiger partial charge in [-0.25, -0.2) is 9.78 Å². The van der Waals surface area contributed by atoms with Crippen molar-refractivity contribution in [3.8, 4) is 5.88 Å². The van der Waals surface area contributed by atoms with Gasteiger partial charge in [-0.1, -0.05) is 0 Å². The summed E-state index contributed by atoms with van der Waals surface area (Å²) in [5.41, 5.74) is -1.44. The van der Waals surface area contributed by atoms with Crippen molar-refractivity contribution in [1.82, 2.24) is 4.98 Å². The van der Waals surface area contributed by atoms with Crippen molar-refractivity contribution < 1.29 is 27.4 Å². The van der Waals surface area contributed by atoms with Crippen molar-refractivity contribution >= 4 is 5.97 Å². The minimum atomic E-state index is -4.57. The molecule has 0 saturated carbocycles. The van der Waals surface area contributed by atoms with Gasteiger partial charge in [-0.3, -0.25) is 0 Å². The maximum absolute atomic E-state index is 12.5. The van der Waals surface area contributed by atoms with Gasteiger partial charge >= 0.3 is 12.1 Å². The summed E-state index contributed by atoms with van der Waals surface area (Å²) < 4.78 is 46.7. The molecule has 0 aliphatic heterocycles. The fourth-order valence-corrected chi connectivity index (χ4v) is 1.08. The molecule has 94 valence electrons. The zero-order valence-electron chi connectivity index (χ0n) is 9.17. The second-order valence-corrected chi connectivity index (χ2v) is 3.00. The van der Waals surface area contributed by atoms with E-state index in [0.29, 0.717) is 12.1 Å². The molecule has 1 heterocycles. The molecular weight excluding hydrogens is 239 g/mol. The average Bonchev–Trinajstić information content (AvgIpc) is 2.27. The third-order valence-electron chi connectivity index (χ3n) is 1.82. The van der Waals surface area contributed by atoms with E-state index in [2.05, 4.69) is 14.5 Å². The van der Waals surface area contributed by atoms with Crippen LogP contribution in [0, 0.1) is 0 Å². The number of rotatable bonds is 3. The SMILES string of the molecule is CCOC(=O)c1cc(C(F)(F)F)cc(OC)n1. The highest BCUT2D eigenvalue weighted by atomic mass is 19.4. The van der Waals surface area contributed by atoms with E-state index >= 15 is 0 Å². The molecule has 0 unspecified atom stereocenters. The van der Waals surface area contributed by atoms with Gasteiger partial charge in [0, 0.05) is 6.07 Å². The number of aromatic nitrogens is 1. The highest BCUT2D eigenvalue weighted by molar-refractivity contribution is 5.87. The van der Waals surface area contributed by atoms with Crippen LogP contribution in [0.25, 0.3) is 0 Å². The van der Waals surface area contributed by atoms with Crippen LogP contribution < -0.4 is 4.74 Å². The van der Waals surface area contributed by atoms with Crippen LogP contribution in [0.5, 0.6) is 5.88 Å². The predicted octanol–water partition coefficient (Wildman–Crippen LogP) is 2.29. The Hall–Kier alpha value is -1.79. The molecule has 0 aliphatic carbocycles. The number of carbonyl (C=O) groups is 1. The number of esters is 1. The van der Waals surface area contributed by atoms with E-state index in [-0.39, 0.29) is 12.5 Å². The number of halogens is 3. The van der Waals surface area contributed by atoms with Crippen molar-refractivity contribution in [2.24, 2.45) is 0 Å². The van der Waals surface area contributed by atoms with Crippen molar-refractivity contribution in [2.45, 2.75) is 13.1 Å². The van der Waals surface area contributed by atoms with Gasteiger partial charge in [0.1, 0.15) is 0 Å². The van der Waals surface area contributed by atoms with Gasteiger partial charge in [0.05, 0.1) is 19.3 Å². The molecule has 4 nitrogen and oxygen atoms in total. The van der Waals surface area contributed by atoms with Crippen LogP contribution in [0.3, 0.4) is 0 Å². The molecule has 0 saturated heterocycles. The topological polar surface area (TPSA) is 48.4 Å². The van der Waals surface area contributed by atoms with Crippen LogP contribution >= 0.6 is 0 Å². The lowest BCUT2D eigenvalue weighted by Gasteiger charge is -2.10. The molecule has 1 aromatic heterocycles. The van der Waals surface area contributed by atoms with Crippen LogP contribution in [0.1, 0.15) is 23.0 Å². The van der Waals surface area contributed by atoms with E-state index in [9.17, 15) is 18.0 Å². The maximum atomic E-state index is 12.5. The Morgan fingerprint density at radius 2 is 2.06 bits per heavy atom. The van der Waals surface area contributed by atoms with Gasteiger partial charge < -0.3 is 9.47 Å². The largest absolute Gasteiger partial charge is 0.481 e. The first kappa shape index (κ1) is 13.3. The quantitative estimate of drug-likeness (QED) is 0.771. The van der Waals surface area contributed by atoms with Crippen LogP contribution in [0.2, 0.25) is 0 Å². The second-order valence-electron chi connectivity index (χ2n) is 3.00. The average molecular weight is 249 g/mol. The lowest BCUT2D eigenvalue weighted by atomic mass is 10.2. The molecule has 0 N–H and O–H groups in total. The molecule has 0 aliphatic rings. The van der Waals surface area contributed by atoms with Gasteiger partial charge in [0.25, 0.3) is 0 Å². The summed E-state index contributed by atoms with van der Waals surface area (Å²) in [7, 11) is 1.16. The van der Waals surface area contributed by atoms with Gasteiger partial charge in [0.15, 0.2) is 5.69 Å². The van der Waals surface area contributed by atoms with Gasteiger partial charge in [-0.2, -0.15) is 13.2 Å². The molecule has 7 heteroatoms. The fourth-order valence-electron chi connectivity index (χ4n) is 1.08. The standard InChI is InChI=1S/C10H10F3NO3/c1-3-17-9(15)7-4-6(10(11,12)13)5-8(14-7)16-2/h4-5H,3H2,1-2H3. The number of pyridine rings is 1. The summed E-state index contributed by atoms with van der Waals surface area (Å²) >= 11 is 0. The van der Waals surface area contributed by atoms with Crippen molar-refractivity contribution in [3.63, 3.8) is 0 Å². The smallest absolute Gasteiger partial charge is 0.416 e. The number of hydrogen-bond acceptors (Lipinski definition) is 4. The summed E-state index contributed by atoms with van der Waals surface area (Å²) in [6, 6.07) is 1.34. The Kier molecular flexibility index (Phi) is 3.93. The highest BCUT2D eigenvalue weighted by Crippen LogP contribution is 2.31. The number of alkyl halides is 3. The Morgan fingerprint density at radius 3 is 2.53 bits per heavy atom.